The van der Waals surface area contributed by atoms with Gasteiger partial charge in [-0.2, -0.15) is 0 Å². The molecule has 0 aliphatic carbocycles. The molecule has 0 bridgehead atoms. The average molecular weight is 486 g/mol. The lowest BCUT2D eigenvalue weighted by atomic mass is 9.90. The quantitative estimate of drug-likeness (QED) is 0.595. The number of carbonyl (C=O) groups excluding carboxylic acids is 3. The number of likely N-dealkylation sites (tertiary alicyclic amines) is 1. The summed E-state index contributed by atoms with van der Waals surface area (Å²) in [6.07, 6.45) is 1.61. The minimum Gasteiger partial charge on any atom is -0.444 e. The first-order chi connectivity index (χ1) is 16.7. The van der Waals surface area contributed by atoms with Gasteiger partial charge in [0.1, 0.15) is 5.60 Å². The number of ether oxygens (including phenoxy) is 1. The molecule has 1 aromatic rings. The number of piperidine rings is 1. The van der Waals surface area contributed by atoms with Gasteiger partial charge >= 0.3 is 6.09 Å². The summed E-state index contributed by atoms with van der Waals surface area (Å²) in [5, 5.41) is 5.44. The fourth-order valence-corrected chi connectivity index (χ4v) is 5.07. The van der Waals surface area contributed by atoms with Crippen molar-refractivity contribution in [3.8, 4) is 0 Å². The highest BCUT2D eigenvalue weighted by atomic mass is 16.6. The molecule has 9 nitrogen and oxygen atoms in total. The van der Waals surface area contributed by atoms with Crippen molar-refractivity contribution in [2.75, 3.05) is 57.3 Å². The average Bonchev–Trinajstić information content (AvgIpc) is 3.24. The number of alkyl carbamates (subject to hydrolysis) is 1. The Morgan fingerprint density at radius 1 is 1.00 bits per heavy atom. The summed E-state index contributed by atoms with van der Waals surface area (Å²) in [7, 11) is 0. The maximum atomic E-state index is 12.1. The van der Waals surface area contributed by atoms with E-state index in [9.17, 15) is 14.4 Å². The van der Waals surface area contributed by atoms with E-state index in [-0.39, 0.29) is 29.9 Å². The molecule has 4 rings (SSSR count). The van der Waals surface area contributed by atoms with E-state index >= 15 is 0 Å². The van der Waals surface area contributed by atoms with Gasteiger partial charge in [-0.1, -0.05) is 12.1 Å². The van der Waals surface area contributed by atoms with E-state index < -0.39 is 5.60 Å². The zero-order valence-electron chi connectivity index (χ0n) is 21.2. The highest BCUT2D eigenvalue weighted by Crippen LogP contribution is 2.27. The number of amides is 3. The Morgan fingerprint density at radius 3 is 2.34 bits per heavy atom. The van der Waals surface area contributed by atoms with Crippen molar-refractivity contribution < 1.29 is 19.1 Å². The summed E-state index contributed by atoms with van der Waals surface area (Å²) in [6.45, 7) is 13.5. The third kappa shape index (κ3) is 7.18. The van der Waals surface area contributed by atoms with Crippen molar-refractivity contribution in [3.63, 3.8) is 0 Å². The second-order valence-electron chi connectivity index (χ2n) is 10.9. The molecule has 3 fully saturated rings. The summed E-state index contributed by atoms with van der Waals surface area (Å²) in [5.74, 6) is -0.599. The predicted molar refractivity (Wildman–Crippen MR) is 134 cm³/mol. The van der Waals surface area contributed by atoms with Crippen LogP contribution in [-0.2, 0) is 14.3 Å². The Hall–Kier alpha value is -2.65. The van der Waals surface area contributed by atoms with E-state index in [0.29, 0.717) is 12.8 Å². The number of nitrogens with zero attached hydrogens (tertiary/aromatic N) is 3. The normalized spacial score (nSPS) is 24.4. The Kier molecular flexibility index (Phi) is 7.96. The van der Waals surface area contributed by atoms with E-state index in [2.05, 4.69) is 37.5 Å². The number of hydrogen-bond acceptors (Lipinski definition) is 7. The lowest BCUT2D eigenvalue weighted by molar-refractivity contribution is -0.134. The summed E-state index contributed by atoms with van der Waals surface area (Å²) in [6, 6.07) is 8.39. The summed E-state index contributed by atoms with van der Waals surface area (Å²) in [5.41, 5.74) is 1.68. The zero-order valence-corrected chi connectivity index (χ0v) is 21.2. The van der Waals surface area contributed by atoms with E-state index in [4.69, 9.17) is 4.74 Å². The Morgan fingerprint density at radius 2 is 1.69 bits per heavy atom. The molecule has 3 aliphatic heterocycles. The molecule has 2 N–H and O–H groups in total. The predicted octanol–water partition coefficient (Wildman–Crippen LogP) is 1.93. The first-order valence-electron chi connectivity index (χ1n) is 12.8. The summed E-state index contributed by atoms with van der Waals surface area (Å²) in [4.78, 5) is 42.8. The van der Waals surface area contributed by atoms with Gasteiger partial charge in [0.25, 0.3) is 0 Å². The Labute approximate surface area is 208 Å². The molecule has 1 unspecified atom stereocenters. The molecule has 3 heterocycles. The lowest BCUT2D eigenvalue weighted by Gasteiger charge is -2.37. The highest BCUT2D eigenvalue weighted by molar-refractivity contribution is 6.00. The number of piperazine rings is 1. The largest absolute Gasteiger partial charge is 0.444 e. The van der Waals surface area contributed by atoms with Crippen LogP contribution in [0, 0.1) is 0 Å². The molecular formula is C26H39N5O4. The maximum absolute atomic E-state index is 12.1. The van der Waals surface area contributed by atoms with Gasteiger partial charge in [0.15, 0.2) is 0 Å². The third-order valence-electron chi connectivity index (χ3n) is 7.00. The number of imide groups is 1. The molecule has 192 valence electrons. The number of anilines is 1. The van der Waals surface area contributed by atoms with Crippen LogP contribution in [0.15, 0.2) is 24.3 Å². The molecule has 9 heteroatoms. The monoisotopic (exact) mass is 485 g/mol. The van der Waals surface area contributed by atoms with Gasteiger partial charge in [0, 0.05) is 70.5 Å². The highest BCUT2D eigenvalue weighted by Gasteiger charge is 2.29. The second kappa shape index (κ2) is 11.0. The van der Waals surface area contributed by atoms with Crippen LogP contribution >= 0.6 is 0 Å². The summed E-state index contributed by atoms with van der Waals surface area (Å²) >= 11 is 0. The van der Waals surface area contributed by atoms with Gasteiger partial charge in [-0.3, -0.25) is 24.7 Å². The van der Waals surface area contributed by atoms with Gasteiger partial charge in [0.05, 0.1) is 5.92 Å². The number of carbonyl (C=O) groups is 3. The van der Waals surface area contributed by atoms with Crippen LogP contribution in [0.1, 0.15) is 51.5 Å². The summed E-state index contributed by atoms with van der Waals surface area (Å²) < 4.78 is 5.37. The van der Waals surface area contributed by atoms with Crippen LogP contribution in [0.5, 0.6) is 0 Å². The molecule has 3 saturated heterocycles. The van der Waals surface area contributed by atoms with Gasteiger partial charge in [0.2, 0.25) is 11.8 Å². The molecule has 3 amide bonds. The van der Waals surface area contributed by atoms with Crippen molar-refractivity contribution in [1.29, 1.82) is 0 Å². The fourth-order valence-electron chi connectivity index (χ4n) is 5.07. The Balaban J connectivity index is 1.16. The lowest BCUT2D eigenvalue weighted by Crippen LogP contribution is -2.48. The molecule has 0 aromatic heterocycles. The second-order valence-corrected chi connectivity index (χ2v) is 10.9. The van der Waals surface area contributed by atoms with E-state index in [1.807, 2.05) is 32.9 Å². The first-order valence-corrected chi connectivity index (χ1v) is 12.8. The van der Waals surface area contributed by atoms with Crippen molar-refractivity contribution in [3.05, 3.63) is 29.8 Å². The zero-order chi connectivity index (χ0) is 25.0. The molecule has 0 radical (unpaired) electrons. The van der Waals surface area contributed by atoms with Crippen LogP contribution in [-0.4, -0.2) is 91.7 Å². The van der Waals surface area contributed by atoms with E-state index in [0.717, 1.165) is 64.3 Å². The van der Waals surface area contributed by atoms with Crippen LogP contribution in [0.3, 0.4) is 0 Å². The molecule has 0 spiro atoms. The first kappa shape index (κ1) is 25.4. The topological polar surface area (TPSA) is 94.2 Å². The molecule has 2 atom stereocenters. The standard InChI is InChI=1S/C26H39N5O4/c1-26(2,3)35-25(34)27-20-10-11-30(18-20)13-12-29-14-16-31(17-15-29)21-6-4-19(5-7-21)22-8-9-23(32)28-24(22)33/h4-7,20,22H,8-18H2,1-3H3,(H,27,34)(H,28,32,33)/t20-,22?/m0/s1. The van der Waals surface area contributed by atoms with E-state index in [1.165, 1.54) is 5.69 Å². The third-order valence-corrected chi connectivity index (χ3v) is 7.00. The van der Waals surface area contributed by atoms with Gasteiger partial charge < -0.3 is 15.0 Å². The fraction of sp³-hybridized carbons (Fsp3) is 0.654. The number of benzene rings is 1. The van der Waals surface area contributed by atoms with Crippen LogP contribution in [0.4, 0.5) is 10.5 Å². The molecule has 0 saturated carbocycles. The van der Waals surface area contributed by atoms with Gasteiger partial charge in [-0.25, -0.2) is 4.79 Å². The van der Waals surface area contributed by atoms with Gasteiger partial charge in [-0.05, 0) is 51.3 Å². The Bertz CT molecular complexity index is 905. The van der Waals surface area contributed by atoms with Crippen molar-refractivity contribution in [2.24, 2.45) is 0 Å². The maximum Gasteiger partial charge on any atom is 0.407 e. The minimum absolute atomic E-state index is 0.157. The number of rotatable bonds is 6. The number of nitrogens with one attached hydrogen (secondary N) is 2. The smallest absolute Gasteiger partial charge is 0.407 e. The van der Waals surface area contributed by atoms with Crippen LogP contribution in [0.25, 0.3) is 0 Å². The van der Waals surface area contributed by atoms with Crippen molar-refractivity contribution in [1.82, 2.24) is 20.4 Å². The minimum atomic E-state index is -0.472. The molecule has 1 aromatic carbocycles. The van der Waals surface area contributed by atoms with Crippen LogP contribution in [0.2, 0.25) is 0 Å². The SMILES string of the molecule is CC(C)(C)OC(=O)N[C@H]1CCN(CCN2CCN(c3ccc(C4CCC(=O)NC4=O)cc3)CC2)C1. The van der Waals surface area contributed by atoms with Crippen molar-refractivity contribution in [2.45, 2.75) is 57.6 Å². The van der Waals surface area contributed by atoms with Gasteiger partial charge in [-0.15, -0.1) is 0 Å². The number of hydrogen-bond donors (Lipinski definition) is 2. The van der Waals surface area contributed by atoms with Crippen LogP contribution < -0.4 is 15.5 Å². The molecule has 35 heavy (non-hydrogen) atoms. The van der Waals surface area contributed by atoms with Crippen molar-refractivity contribution >= 4 is 23.6 Å². The molecular weight excluding hydrogens is 446 g/mol. The van der Waals surface area contributed by atoms with E-state index in [1.54, 1.807) is 0 Å². The molecule has 3 aliphatic rings.